The highest BCUT2D eigenvalue weighted by Gasteiger charge is 2.51. The van der Waals surface area contributed by atoms with Crippen molar-refractivity contribution < 1.29 is 59.1 Å². The van der Waals surface area contributed by atoms with Crippen molar-refractivity contribution in [1.29, 1.82) is 0 Å². The van der Waals surface area contributed by atoms with Gasteiger partial charge in [0.05, 0.1) is 18.8 Å². The van der Waals surface area contributed by atoms with Crippen LogP contribution in [-0.4, -0.2) is 105 Å². The largest absolute Gasteiger partial charge is 0.508 e. The average Bonchev–Trinajstić information content (AvgIpc) is 3.17. The number of phenols is 1. The Morgan fingerprint density at radius 3 is 2.33 bits per heavy atom. The maximum Gasteiger partial charge on any atom is 0.338 e. The van der Waals surface area contributed by atoms with Crippen molar-refractivity contribution in [2.45, 2.75) is 48.7 Å². The fourth-order valence-electron chi connectivity index (χ4n) is 3.77. The molecular weight excluding hydrogens is 480 g/mol. The third-order valence-corrected chi connectivity index (χ3v) is 5.95. The minimum atomic E-state index is -1.94. The van der Waals surface area contributed by atoms with Crippen LogP contribution in [0.4, 0.5) is 0 Å². The van der Waals surface area contributed by atoms with Crippen molar-refractivity contribution in [1.82, 2.24) is 0 Å². The highest BCUT2D eigenvalue weighted by molar-refractivity contribution is 5.89. The quantitative estimate of drug-likeness (QED) is 0.237. The lowest BCUT2D eigenvalue weighted by molar-refractivity contribution is -0.289. The molecule has 0 saturated carbocycles. The van der Waals surface area contributed by atoms with E-state index < -0.39 is 74.5 Å². The monoisotopic (exact) mass is 508 g/mol. The molecule has 2 aromatic rings. The standard InChI is InChI=1S/C24H28O12/c25-14-6-8-15(9-7-14)35-22-19(28)18(27)17(26)16(36-22)10-32-23-20(29)24(31,12-34-23)11-33-21(30)13-4-2-1-3-5-13/h1-9,16-20,22-23,25-29,31H,10-12H2/t16-,17-,18+,19-,20+,22-,23-,24-/m1/s1. The van der Waals surface area contributed by atoms with E-state index in [1.54, 1.807) is 30.3 Å². The van der Waals surface area contributed by atoms with Crippen molar-refractivity contribution in [2.75, 3.05) is 19.8 Å². The highest BCUT2D eigenvalue weighted by atomic mass is 16.7. The van der Waals surface area contributed by atoms with Crippen LogP contribution in [0.5, 0.6) is 11.5 Å². The van der Waals surface area contributed by atoms with E-state index in [4.69, 9.17) is 23.7 Å². The Kier molecular flexibility index (Phi) is 8.07. The number of phenolic OH excluding ortho intramolecular Hbond substituents is 1. The zero-order valence-electron chi connectivity index (χ0n) is 19.0. The van der Waals surface area contributed by atoms with Gasteiger partial charge >= 0.3 is 5.97 Å². The molecule has 2 saturated heterocycles. The SMILES string of the molecule is O=C(OC[C@@]1(O)CO[C@@H](OC[C@H]2O[C@@H](Oc3ccc(O)cc3)[C@H](O)[C@@H](O)[C@@H]2O)[C@@H]1O)c1ccccc1. The summed E-state index contributed by atoms with van der Waals surface area (Å²) in [6, 6.07) is 13.7. The van der Waals surface area contributed by atoms with Crippen LogP contribution >= 0.6 is 0 Å². The molecule has 2 aliphatic heterocycles. The molecule has 2 aromatic carbocycles. The van der Waals surface area contributed by atoms with Crippen LogP contribution in [-0.2, 0) is 18.9 Å². The predicted octanol–water partition coefficient (Wildman–Crippen LogP) is -1.10. The van der Waals surface area contributed by atoms with Crippen molar-refractivity contribution in [3.05, 3.63) is 60.2 Å². The lowest BCUT2D eigenvalue weighted by Crippen LogP contribution is -2.60. The number of benzene rings is 2. The Labute approximate surface area is 205 Å². The normalized spacial score (nSPS) is 34.3. The molecule has 12 heteroatoms. The summed E-state index contributed by atoms with van der Waals surface area (Å²) in [6.07, 6.45) is -10.4. The Hall–Kier alpha value is -2.81. The minimum Gasteiger partial charge on any atom is -0.508 e. The lowest BCUT2D eigenvalue weighted by atomic mass is 9.99. The van der Waals surface area contributed by atoms with Gasteiger partial charge in [-0.05, 0) is 36.4 Å². The van der Waals surface area contributed by atoms with Gasteiger partial charge in [0.25, 0.3) is 0 Å². The maximum absolute atomic E-state index is 12.1. The maximum atomic E-state index is 12.1. The summed E-state index contributed by atoms with van der Waals surface area (Å²) < 4.78 is 26.9. The number of esters is 1. The molecule has 2 heterocycles. The van der Waals surface area contributed by atoms with E-state index in [-0.39, 0.29) is 17.1 Å². The van der Waals surface area contributed by atoms with Crippen LogP contribution < -0.4 is 4.74 Å². The lowest BCUT2D eigenvalue weighted by Gasteiger charge is -2.40. The van der Waals surface area contributed by atoms with E-state index >= 15 is 0 Å². The number of hydrogen-bond donors (Lipinski definition) is 6. The summed E-state index contributed by atoms with van der Waals surface area (Å²) in [5, 5.41) is 61.4. The van der Waals surface area contributed by atoms with Gasteiger partial charge in [0.15, 0.2) is 11.9 Å². The summed E-state index contributed by atoms with van der Waals surface area (Å²) in [5.74, 6) is -0.463. The number of aliphatic hydroxyl groups excluding tert-OH is 4. The van der Waals surface area contributed by atoms with Gasteiger partial charge < -0.3 is 54.3 Å². The molecule has 0 bridgehead atoms. The predicted molar refractivity (Wildman–Crippen MR) is 119 cm³/mol. The number of ether oxygens (including phenoxy) is 5. The number of rotatable bonds is 8. The molecule has 0 unspecified atom stereocenters. The first-order chi connectivity index (χ1) is 17.2. The molecule has 0 aromatic heterocycles. The van der Waals surface area contributed by atoms with Crippen molar-refractivity contribution in [3.8, 4) is 11.5 Å². The van der Waals surface area contributed by atoms with Crippen LogP contribution in [0.15, 0.2) is 54.6 Å². The third kappa shape index (κ3) is 5.77. The summed E-state index contributed by atoms with van der Waals surface area (Å²) in [4.78, 5) is 12.1. The Balaban J connectivity index is 1.31. The first-order valence-corrected chi connectivity index (χ1v) is 11.2. The molecule has 6 N–H and O–H groups in total. The molecule has 2 aliphatic rings. The number of carbonyl (C=O) groups is 1. The van der Waals surface area contributed by atoms with Crippen LogP contribution in [0.3, 0.4) is 0 Å². The second-order valence-electron chi connectivity index (χ2n) is 8.63. The van der Waals surface area contributed by atoms with Crippen molar-refractivity contribution in [2.24, 2.45) is 0 Å². The van der Waals surface area contributed by atoms with E-state index in [2.05, 4.69) is 0 Å². The second-order valence-corrected chi connectivity index (χ2v) is 8.63. The number of carbonyl (C=O) groups excluding carboxylic acids is 1. The fourth-order valence-corrected chi connectivity index (χ4v) is 3.77. The first-order valence-electron chi connectivity index (χ1n) is 11.2. The van der Waals surface area contributed by atoms with Gasteiger partial charge in [0.1, 0.15) is 48.6 Å². The number of aromatic hydroxyl groups is 1. The minimum absolute atomic E-state index is 0.000827. The molecule has 2 fully saturated rings. The molecule has 36 heavy (non-hydrogen) atoms. The molecule has 12 nitrogen and oxygen atoms in total. The first kappa shape index (κ1) is 26.3. The Bertz CT molecular complexity index is 1000. The van der Waals surface area contributed by atoms with Crippen molar-refractivity contribution in [3.63, 3.8) is 0 Å². The van der Waals surface area contributed by atoms with Gasteiger partial charge in [-0.2, -0.15) is 0 Å². The highest BCUT2D eigenvalue weighted by Crippen LogP contribution is 2.29. The van der Waals surface area contributed by atoms with E-state index in [1.165, 1.54) is 24.3 Å². The van der Waals surface area contributed by atoms with Gasteiger partial charge in [-0.1, -0.05) is 18.2 Å². The Morgan fingerprint density at radius 1 is 0.944 bits per heavy atom. The van der Waals surface area contributed by atoms with Gasteiger partial charge in [0.2, 0.25) is 6.29 Å². The van der Waals surface area contributed by atoms with E-state index in [0.717, 1.165) is 0 Å². The zero-order valence-corrected chi connectivity index (χ0v) is 19.0. The van der Waals surface area contributed by atoms with Crippen LogP contribution in [0.25, 0.3) is 0 Å². The van der Waals surface area contributed by atoms with Gasteiger partial charge in [-0.3, -0.25) is 0 Å². The number of aliphatic hydroxyl groups is 5. The molecular formula is C24H28O12. The smallest absolute Gasteiger partial charge is 0.338 e. The van der Waals surface area contributed by atoms with E-state index in [1.807, 2.05) is 0 Å². The molecule has 0 amide bonds. The number of hydrogen-bond acceptors (Lipinski definition) is 12. The molecule has 4 rings (SSSR count). The molecule has 0 aliphatic carbocycles. The summed E-state index contributed by atoms with van der Waals surface area (Å²) >= 11 is 0. The average molecular weight is 508 g/mol. The van der Waals surface area contributed by atoms with Gasteiger partial charge in [-0.15, -0.1) is 0 Å². The van der Waals surface area contributed by atoms with Crippen molar-refractivity contribution >= 4 is 5.97 Å². The van der Waals surface area contributed by atoms with E-state index in [0.29, 0.717) is 0 Å². The molecule has 0 spiro atoms. The van der Waals surface area contributed by atoms with Gasteiger partial charge in [-0.25, -0.2) is 4.79 Å². The van der Waals surface area contributed by atoms with Crippen LogP contribution in [0.2, 0.25) is 0 Å². The zero-order chi connectivity index (χ0) is 25.9. The molecule has 8 atom stereocenters. The summed E-state index contributed by atoms with van der Waals surface area (Å²) in [7, 11) is 0. The Morgan fingerprint density at radius 2 is 1.64 bits per heavy atom. The fraction of sp³-hybridized carbons (Fsp3) is 0.458. The van der Waals surface area contributed by atoms with Crippen LogP contribution in [0.1, 0.15) is 10.4 Å². The van der Waals surface area contributed by atoms with E-state index in [9.17, 15) is 35.4 Å². The third-order valence-electron chi connectivity index (χ3n) is 5.95. The summed E-state index contributed by atoms with van der Waals surface area (Å²) in [5.41, 5.74) is -1.67. The molecule has 196 valence electrons. The second kappa shape index (κ2) is 11.1. The molecule has 0 radical (unpaired) electrons. The summed E-state index contributed by atoms with van der Waals surface area (Å²) in [6.45, 7) is -1.37. The van der Waals surface area contributed by atoms with Crippen LogP contribution in [0, 0.1) is 0 Å². The topological polar surface area (TPSA) is 185 Å². The van der Waals surface area contributed by atoms with Gasteiger partial charge in [0, 0.05) is 0 Å².